The zero-order valence-corrected chi connectivity index (χ0v) is 20.4. The summed E-state index contributed by atoms with van der Waals surface area (Å²) in [5.74, 6) is -0.778. The molecular weight excluding hydrogens is 505 g/mol. The number of hydrogen-bond acceptors (Lipinski definition) is 6. The van der Waals surface area contributed by atoms with Crippen LogP contribution in [-0.2, 0) is 17.8 Å². The first-order chi connectivity index (χ1) is 18.1. The number of primary amides is 1. The molecule has 9 nitrogen and oxygen atoms in total. The third-order valence-electron chi connectivity index (χ3n) is 6.11. The first-order valence-electron chi connectivity index (χ1n) is 12.0. The van der Waals surface area contributed by atoms with E-state index in [0.29, 0.717) is 55.0 Å². The Kier molecular flexibility index (Phi) is 8.20. The van der Waals surface area contributed by atoms with Crippen LogP contribution >= 0.6 is 0 Å². The van der Waals surface area contributed by atoms with Crippen LogP contribution in [0.5, 0.6) is 11.5 Å². The number of aliphatic hydroxyl groups excluding tert-OH is 1. The maximum atomic E-state index is 12.7. The maximum absolute atomic E-state index is 12.7. The lowest BCUT2D eigenvalue weighted by atomic mass is 10.0. The smallest absolute Gasteiger partial charge is 0.489 e. The summed E-state index contributed by atoms with van der Waals surface area (Å²) >= 11 is 0. The number of carbonyl (C=O) groups excluding carboxylic acids is 2. The summed E-state index contributed by atoms with van der Waals surface area (Å²) in [6, 6.07) is 12.1. The Morgan fingerprint density at radius 1 is 1.08 bits per heavy atom. The standard InChI is InChI=1S/C26H27F3N4O5/c27-26(28,29)38-20-4-1-17(2-5-20)15-24(35)32-10-7-19(8-11-32)37-23-6-3-18(16-21(23)25(30)36)22-9-12-33(31-22)13-14-34/h1-6,9,12,16,19,34H,7-8,10-11,13-15H2,(H2,30,36). The molecule has 3 N–H and O–H groups in total. The third-order valence-corrected chi connectivity index (χ3v) is 6.11. The van der Waals surface area contributed by atoms with E-state index in [-0.39, 0.29) is 36.4 Å². The van der Waals surface area contributed by atoms with E-state index in [1.165, 1.54) is 24.3 Å². The number of nitrogens with two attached hydrogens (primary N) is 1. The normalized spacial score (nSPS) is 14.4. The minimum atomic E-state index is -4.77. The van der Waals surface area contributed by atoms with E-state index in [1.54, 1.807) is 40.0 Å². The van der Waals surface area contributed by atoms with Gasteiger partial charge in [0.15, 0.2) is 0 Å². The molecule has 1 aliphatic rings. The van der Waals surface area contributed by atoms with Crippen LogP contribution in [-0.4, -0.2) is 63.8 Å². The van der Waals surface area contributed by atoms with Gasteiger partial charge in [-0.25, -0.2) is 0 Å². The van der Waals surface area contributed by atoms with Gasteiger partial charge in [-0.15, -0.1) is 13.2 Å². The Morgan fingerprint density at radius 2 is 1.79 bits per heavy atom. The van der Waals surface area contributed by atoms with Crippen molar-refractivity contribution in [2.75, 3.05) is 19.7 Å². The highest BCUT2D eigenvalue weighted by Gasteiger charge is 2.31. The summed E-state index contributed by atoms with van der Waals surface area (Å²) in [5, 5.41) is 13.4. The molecule has 1 saturated heterocycles. The van der Waals surface area contributed by atoms with Gasteiger partial charge < -0.3 is 25.2 Å². The average Bonchev–Trinajstić information content (AvgIpc) is 3.34. The molecule has 0 radical (unpaired) electrons. The van der Waals surface area contributed by atoms with Crippen LogP contribution in [0.3, 0.4) is 0 Å². The van der Waals surface area contributed by atoms with Gasteiger partial charge in [0.2, 0.25) is 5.91 Å². The van der Waals surface area contributed by atoms with Crippen molar-refractivity contribution >= 4 is 11.8 Å². The van der Waals surface area contributed by atoms with Crippen molar-refractivity contribution in [3.05, 3.63) is 65.9 Å². The van der Waals surface area contributed by atoms with E-state index in [4.69, 9.17) is 15.6 Å². The molecule has 4 rings (SSSR count). The molecule has 0 saturated carbocycles. The van der Waals surface area contributed by atoms with Gasteiger partial charge >= 0.3 is 6.36 Å². The van der Waals surface area contributed by atoms with Gasteiger partial charge in [0.1, 0.15) is 17.6 Å². The Labute approximate surface area is 216 Å². The number of benzene rings is 2. The molecule has 2 heterocycles. The Hall–Kier alpha value is -4.06. The van der Waals surface area contributed by atoms with Crippen LogP contribution in [0.1, 0.15) is 28.8 Å². The van der Waals surface area contributed by atoms with E-state index < -0.39 is 12.3 Å². The van der Waals surface area contributed by atoms with Gasteiger partial charge in [0.05, 0.1) is 30.8 Å². The van der Waals surface area contributed by atoms with Gasteiger partial charge in [0, 0.05) is 37.7 Å². The highest BCUT2D eigenvalue weighted by molar-refractivity contribution is 5.97. The predicted octanol–water partition coefficient (Wildman–Crippen LogP) is 3.15. The van der Waals surface area contributed by atoms with Crippen LogP contribution in [0.2, 0.25) is 0 Å². The van der Waals surface area contributed by atoms with Crippen LogP contribution in [0.25, 0.3) is 11.3 Å². The summed E-state index contributed by atoms with van der Waals surface area (Å²) in [6.45, 7) is 1.18. The van der Waals surface area contributed by atoms with Crippen LogP contribution < -0.4 is 15.2 Å². The average molecular weight is 533 g/mol. The fourth-order valence-corrected chi connectivity index (χ4v) is 4.23. The molecule has 1 aromatic heterocycles. The Morgan fingerprint density at radius 3 is 2.42 bits per heavy atom. The fraction of sp³-hybridized carbons (Fsp3) is 0.346. The first kappa shape index (κ1) is 27.0. The summed E-state index contributed by atoms with van der Waals surface area (Å²) in [7, 11) is 0. The van der Waals surface area contributed by atoms with Crippen molar-refractivity contribution in [1.82, 2.24) is 14.7 Å². The maximum Gasteiger partial charge on any atom is 0.573 e. The number of hydrogen-bond donors (Lipinski definition) is 2. The molecule has 202 valence electrons. The molecule has 38 heavy (non-hydrogen) atoms. The van der Waals surface area contributed by atoms with E-state index in [1.807, 2.05) is 0 Å². The number of ether oxygens (including phenoxy) is 2. The fourth-order valence-electron chi connectivity index (χ4n) is 4.23. The first-order valence-corrected chi connectivity index (χ1v) is 12.0. The number of nitrogens with zero attached hydrogens (tertiary/aromatic N) is 3. The van der Waals surface area contributed by atoms with Crippen molar-refractivity contribution in [1.29, 1.82) is 0 Å². The molecule has 1 fully saturated rings. The number of amides is 2. The lowest BCUT2D eigenvalue weighted by Gasteiger charge is -2.32. The number of rotatable bonds is 9. The largest absolute Gasteiger partial charge is 0.573 e. The zero-order valence-electron chi connectivity index (χ0n) is 20.4. The molecule has 0 bridgehead atoms. The summed E-state index contributed by atoms with van der Waals surface area (Å²) in [5.41, 5.74) is 7.71. The van der Waals surface area contributed by atoms with Gasteiger partial charge in [-0.05, 0) is 42.0 Å². The lowest BCUT2D eigenvalue weighted by molar-refractivity contribution is -0.274. The summed E-state index contributed by atoms with van der Waals surface area (Å²) in [6.07, 6.45) is -2.14. The quantitative estimate of drug-likeness (QED) is 0.437. The molecule has 2 amide bonds. The minimum absolute atomic E-state index is 0.0429. The summed E-state index contributed by atoms with van der Waals surface area (Å²) < 4.78 is 48.5. The molecule has 0 unspecified atom stereocenters. The number of piperidine rings is 1. The monoisotopic (exact) mass is 532 g/mol. The third kappa shape index (κ3) is 7.03. The van der Waals surface area contributed by atoms with Gasteiger partial charge in [-0.2, -0.15) is 5.10 Å². The SMILES string of the molecule is NC(=O)c1cc(-c2ccn(CCO)n2)ccc1OC1CCN(C(=O)Cc2ccc(OC(F)(F)F)cc2)CC1. The Balaban J connectivity index is 1.33. The molecule has 2 aromatic carbocycles. The summed E-state index contributed by atoms with van der Waals surface area (Å²) in [4.78, 5) is 26.5. The second-order valence-electron chi connectivity index (χ2n) is 8.83. The highest BCUT2D eigenvalue weighted by Crippen LogP contribution is 2.29. The molecular formula is C26H27F3N4O5. The van der Waals surface area contributed by atoms with Gasteiger partial charge in [-0.1, -0.05) is 12.1 Å². The van der Waals surface area contributed by atoms with Crippen LogP contribution in [0.15, 0.2) is 54.7 Å². The van der Waals surface area contributed by atoms with Crippen molar-refractivity contribution in [3.63, 3.8) is 0 Å². The molecule has 0 spiro atoms. The van der Waals surface area contributed by atoms with E-state index in [0.717, 1.165) is 0 Å². The number of likely N-dealkylation sites (tertiary alicyclic amines) is 1. The number of alkyl halides is 3. The topological polar surface area (TPSA) is 120 Å². The lowest BCUT2D eigenvalue weighted by Crippen LogP contribution is -2.42. The molecule has 1 aliphatic heterocycles. The van der Waals surface area contributed by atoms with Gasteiger partial charge in [-0.3, -0.25) is 14.3 Å². The number of aromatic nitrogens is 2. The Bertz CT molecular complexity index is 1270. The predicted molar refractivity (Wildman–Crippen MR) is 130 cm³/mol. The highest BCUT2D eigenvalue weighted by atomic mass is 19.4. The van der Waals surface area contributed by atoms with E-state index in [9.17, 15) is 22.8 Å². The van der Waals surface area contributed by atoms with E-state index in [2.05, 4.69) is 9.84 Å². The second kappa shape index (κ2) is 11.5. The van der Waals surface area contributed by atoms with E-state index >= 15 is 0 Å². The molecule has 0 aliphatic carbocycles. The second-order valence-corrected chi connectivity index (χ2v) is 8.83. The molecule has 3 aromatic rings. The minimum Gasteiger partial charge on any atom is -0.489 e. The van der Waals surface area contributed by atoms with Crippen molar-refractivity contribution in [3.8, 4) is 22.8 Å². The number of halogens is 3. The van der Waals surface area contributed by atoms with Crippen molar-refractivity contribution in [2.24, 2.45) is 5.73 Å². The number of aliphatic hydroxyl groups is 1. The zero-order chi connectivity index (χ0) is 27.3. The van der Waals surface area contributed by atoms with Crippen LogP contribution in [0.4, 0.5) is 13.2 Å². The van der Waals surface area contributed by atoms with Crippen LogP contribution in [0, 0.1) is 0 Å². The number of carbonyl (C=O) groups is 2. The molecule has 12 heteroatoms. The van der Waals surface area contributed by atoms with Crippen molar-refractivity contribution < 1.29 is 37.3 Å². The molecule has 0 atom stereocenters. The van der Waals surface area contributed by atoms with Gasteiger partial charge in [0.25, 0.3) is 5.91 Å². The van der Waals surface area contributed by atoms with Crippen molar-refractivity contribution in [2.45, 2.75) is 38.3 Å².